The maximum atomic E-state index is 11.3. The highest BCUT2D eigenvalue weighted by atomic mass is 16.6. The first kappa shape index (κ1) is 11.3. The number of hydrogen-bond donors (Lipinski definition) is 2. The van der Waals surface area contributed by atoms with Gasteiger partial charge in [0, 0.05) is 12.6 Å². The normalized spacial score (nSPS) is 27.5. The van der Waals surface area contributed by atoms with Gasteiger partial charge >= 0.3 is 6.09 Å². The van der Waals surface area contributed by atoms with Crippen molar-refractivity contribution in [2.24, 2.45) is 0 Å². The van der Waals surface area contributed by atoms with Gasteiger partial charge in [0.15, 0.2) is 0 Å². The summed E-state index contributed by atoms with van der Waals surface area (Å²) in [5, 5.41) is 12.7. The summed E-state index contributed by atoms with van der Waals surface area (Å²) in [5.41, 5.74) is 0. The molecule has 1 heterocycles. The molecule has 1 aliphatic rings. The molecule has 0 radical (unpaired) electrons. The largest absolute Gasteiger partial charge is 0.450 e. The van der Waals surface area contributed by atoms with Crippen LogP contribution >= 0.6 is 0 Å². The van der Waals surface area contributed by atoms with Crippen LogP contribution in [-0.2, 0) is 4.74 Å². The Morgan fingerprint density at radius 3 is 2.93 bits per heavy atom. The number of β-amino-alcohol motifs (C(OH)–C–C–N with tert-alkyl or cyclic N) is 1. The molecule has 2 atom stereocenters. The van der Waals surface area contributed by atoms with Crippen LogP contribution in [0.2, 0.25) is 0 Å². The molecule has 1 aliphatic heterocycles. The lowest BCUT2D eigenvalue weighted by molar-refractivity contribution is 0.0330. The third-order valence-corrected chi connectivity index (χ3v) is 2.48. The molecule has 0 aromatic rings. The van der Waals surface area contributed by atoms with E-state index in [1.54, 1.807) is 11.8 Å². The van der Waals surface area contributed by atoms with Crippen LogP contribution in [0.25, 0.3) is 0 Å². The molecule has 0 bridgehead atoms. The Morgan fingerprint density at radius 1 is 1.71 bits per heavy atom. The van der Waals surface area contributed by atoms with E-state index in [-0.39, 0.29) is 12.1 Å². The molecule has 5 heteroatoms. The molecular formula is C9H18N2O3. The zero-order valence-electron chi connectivity index (χ0n) is 8.69. The van der Waals surface area contributed by atoms with E-state index >= 15 is 0 Å². The molecule has 0 aliphatic carbocycles. The fraction of sp³-hybridized carbons (Fsp3) is 0.889. The summed E-state index contributed by atoms with van der Waals surface area (Å²) in [6.45, 7) is 3.14. The Labute approximate surface area is 84.0 Å². The molecule has 0 aromatic heterocycles. The minimum atomic E-state index is -0.502. The van der Waals surface area contributed by atoms with E-state index < -0.39 is 6.10 Å². The van der Waals surface area contributed by atoms with Crippen LogP contribution in [0.3, 0.4) is 0 Å². The molecule has 1 fully saturated rings. The minimum Gasteiger partial charge on any atom is -0.450 e. The van der Waals surface area contributed by atoms with Crippen molar-refractivity contribution in [3.8, 4) is 0 Å². The SMILES string of the molecule is CCOC(=O)N1CCC(NC)C(O)C1. The van der Waals surface area contributed by atoms with E-state index in [0.29, 0.717) is 19.7 Å². The second-order valence-electron chi connectivity index (χ2n) is 3.40. The number of aliphatic hydroxyl groups is 1. The Bertz CT molecular complexity index is 198. The van der Waals surface area contributed by atoms with Crippen molar-refractivity contribution in [3.05, 3.63) is 0 Å². The molecule has 1 amide bonds. The van der Waals surface area contributed by atoms with Crippen molar-refractivity contribution in [2.45, 2.75) is 25.5 Å². The maximum Gasteiger partial charge on any atom is 0.409 e. The first-order valence-electron chi connectivity index (χ1n) is 4.96. The highest BCUT2D eigenvalue weighted by Crippen LogP contribution is 2.11. The molecule has 14 heavy (non-hydrogen) atoms. The first-order valence-corrected chi connectivity index (χ1v) is 4.96. The number of carbonyl (C=O) groups is 1. The van der Waals surface area contributed by atoms with Gasteiger partial charge in [0.25, 0.3) is 0 Å². The number of likely N-dealkylation sites (N-methyl/N-ethyl adjacent to an activating group) is 1. The van der Waals surface area contributed by atoms with E-state index in [1.807, 2.05) is 7.05 Å². The first-order chi connectivity index (χ1) is 6.69. The number of amides is 1. The van der Waals surface area contributed by atoms with Crippen LogP contribution < -0.4 is 5.32 Å². The molecule has 0 spiro atoms. The summed E-state index contributed by atoms with van der Waals surface area (Å²) in [6.07, 6.45) is -0.0736. The number of carbonyl (C=O) groups excluding carboxylic acids is 1. The smallest absolute Gasteiger partial charge is 0.409 e. The Morgan fingerprint density at radius 2 is 2.43 bits per heavy atom. The second-order valence-corrected chi connectivity index (χ2v) is 3.40. The number of aliphatic hydroxyl groups excluding tert-OH is 1. The van der Waals surface area contributed by atoms with Crippen LogP contribution in [0.15, 0.2) is 0 Å². The van der Waals surface area contributed by atoms with Gasteiger partial charge in [0.1, 0.15) is 0 Å². The van der Waals surface area contributed by atoms with Crippen molar-refractivity contribution in [2.75, 3.05) is 26.7 Å². The summed E-state index contributed by atoms with van der Waals surface area (Å²) >= 11 is 0. The van der Waals surface area contributed by atoms with Crippen molar-refractivity contribution >= 4 is 6.09 Å². The topological polar surface area (TPSA) is 61.8 Å². The standard InChI is InChI=1S/C9H18N2O3/c1-3-14-9(13)11-5-4-7(10-2)8(12)6-11/h7-8,10,12H,3-6H2,1-2H3. The van der Waals surface area contributed by atoms with Gasteiger partial charge in [-0.3, -0.25) is 0 Å². The summed E-state index contributed by atoms with van der Waals surface area (Å²) in [7, 11) is 1.81. The lowest BCUT2D eigenvalue weighted by atomic mass is 10.0. The summed E-state index contributed by atoms with van der Waals surface area (Å²) in [5.74, 6) is 0. The third kappa shape index (κ3) is 2.59. The number of hydrogen-bond acceptors (Lipinski definition) is 4. The maximum absolute atomic E-state index is 11.3. The fourth-order valence-corrected chi connectivity index (χ4v) is 1.65. The second kappa shape index (κ2) is 5.17. The van der Waals surface area contributed by atoms with Crippen LogP contribution in [0.4, 0.5) is 4.79 Å². The van der Waals surface area contributed by atoms with Crippen LogP contribution in [0.5, 0.6) is 0 Å². The lowest BCUT2D eigenvalue weighted by Crippen LogP contribution is -2.53. The number of piperidine rings is 1. The van der Waals surface area contributed by atoms with E-state index in [1.165, 1.54) is 0 Å². The zero-order chi connectivity index (χ0) is 10.6. The third-order valence-electron chi connectivity index (χ3n) is 2.48. The lowest BCUT2D eigenvalue weighted by Gasteiger charge is -2.34. The van der Waals surface area contributed by atoms with Gasteiger partial charge in [-0.1, -0.05) is 0 Å². The average molecular weight is 202 g/mol. The van der Waals surface area contributed by atoms with E-state index in [4.69, 9.17) is 4.74 Å². The van der Waals surface area contributed by atoms with Crippen molar-refractivity contribution in [1.29, 1.82) is 0 Å². The predicted octanol–water partition coefficient (Wildman–Crippen LogP) is -0.203. The molecule has 82 valence electrons. The van der Waals surface area contributed by atoms with Crippen LogP contribution in [-0.4, -0.2) is 55.0 Å². The highest BCUT2D eigenvalue weighted by molar-refractivity contribution is 5.67. The predicted molar refractivity (Wildman–Crippen MR) is 52.1 cm³/mol. The number of nitrogens with zero attached hydrogens (tertiary/aromatic N) is 1. The van der Waals surface area contributed by atoms with Crippen molar-refractivity contribution < 1.29 is 14.6 Å². The fourth-order valence-electron chi connectivity index (χ4n) is 1.65. The average Bonchev–Trinajstić information content (AvgIpc) is 2.18. The molecule has 1 saturated heterocycles. The van der Waals surface area contributed by atoms with Gasteiger partial charge in [-0.2, -0.15) is 0 Å². The highest BCUT2D eigenvalue weighted by Gasteiger charge is 2.29. The number of likely N-dealkylation sites (tertiary alicyclic amines) is 1. The molecule has 0 saturated carbocycles. The van der Waals surface area contributed by atoms with E-state index in [9.17, 15) is 9.90 Å². The minimum absolute atomic E-state index is 0.0840. The Kier molecular flexibility index (Phi) is 4.16. The Balaban J connectivity index is 2.41. The zero-order valence-corrected chi connectivity index (χ0v) is 8.69. The summed E-state index contributed by atoms with van der Waals surface area (Å²) < 4.78 is 4.85. The van der Waals surface area contributed by atoms with Gasteiger partial charge in [0.2, 0.25) is 0 Å². The quantitative estimate of drug-likeness (QED) is 0.651. The van der Waals surface area contributed by atoms with Gasteiger partial charge in [0.05, 0.1) is 19.3 Å². The van der Waals surface area contributed by atoms with Gasteiger partial charge in [-0.15, -0.1) is 0 Å². The Hall–Kier alpha value is -0.810. The molecule has 5 nitrogen and oxygen atoms in total. The van der Waals surface area contributed by atoms with Crippen LogP contribution in [0, 0.1) is 0 Å². The number of nitrogens with one attached hydrogen (secondary N) is 1. The van der Waals surface area contributed by atoms with E-state index in [2.05, 4.69) is 5.32 Å². The van der Waals surface area contributed by atoms with Crippen molar-refractivity contribution in [3.63, 3.8) is 0 Å². The molecule has 0 aromatic carbocycles. The number of rotatable bonds is 2. The molecule has 1 rings (SSSR count). The molecular weight excluding hydrogens is 184 g/mol. The van der Waals surface area contributed by atoms with Gasteiger partial charge < -0.3 is 20.1 Å². The monoisotopic (exact) mass is 202 g/mol. The van der Waals surface area contributed by atoms with Gasteiger partial charge in [-0.05, 0) is 20.4 Å². The van der Waals surface area contributed by atoms with Crippen LogP contribution in [0.1, 0.15) is 13.3 Å². The molecule has 2 N–H and O–H groups in total. The summed E-state index contributed by atoms with van der Waals surface area (Å²) in [6, 6.07) is 0.0840. The van der Waals surface area contributed by atoms with Gasteiger partial charge in [-0.25, -0.2) is 4.79 Å². The number of ether oxygens (including phenoxy) is 1. The molecule has 2 unspecified atom stereocenters. The van der Waals surface area contributed by atoms with Crippen molar-refractivity contribution in [1.82, 2.24) is 10.2 Å². The summed E-state index contributed by atoms with van der Waals surface area (Å²) in [4.78, 5) is 12.9. The van der Waals surface area contributed by atoms with E-state index in [0.717, 1.165) is 6.42 Å².